The molecule has 0 bridgehead atoms. The van der Waals surface area contributed by atoms with Crippen LogP contribution in [0.3, 0.4) is 0 Å². The monoisotopic (exact) mass is 288 g/mol. The van der Waals surface area contributed by atoms with Gasteiger partial charge in [-0.2, -0.15) is 0 Å². The maximum absolute atomic E-state index is 11.7. The van der Waals surface area contributed by atoms with Crippen molar-refractivity contribution in [3.05, 3.63) is 10.1 Å². The molecule has 0 aromatic heterocycles. The number of nitrogens with zero attached hydrogens (tertiary/aromatic N) is 1. The molecule has 0 rings (SSSR count). The zero-order valence-electron chi connectivity index (χ0n) is 12.5. The zero-order valence-corrected chi connectivity index (χ0v) is 12.5. The lowest BCUT2D eigenvalue weighted by molar-refractivity contribution is -0.485. The number of carbonyl (C=O) groups excluding carboxylic acids is 2. The number of hydrogen-bond donors (Lipinski definition) is 1. The molecule has 0 aromatic carbocycles. The second-order valence-corrected chi connectivity index (χ2v) is 4.96. The van der Waals surface area contributed by atoms with E-state index in [0.29, 0.717) is 19.1 Å². The van der Waals surface area contributed by atoms with E-state index in [2.05, 4.69) is 5.32 Å². The molecule has 0 unspecified atom stereocenters. The maximum Gasteiger partial charge on any atom is 0.226 e. The van der Waals surface area contributed by atoms with Crippen molar-refractivity contribution in [3.63, 3.8) is 0 Å². The minimum absolute atomic E-state index is 0.157. The number of nitro groups is 1. The molecular weight excluding hydrogens is 264 g/mol. The van der Waals surface area contributed by atoms with Crippen LogP contribution in [0.25, 0.3) is 0 Å². The smallest absolute Gasteiger partial charge is 0.226 e. The number of hydrogen-bond acceptors (Lipinski definition) is 5. The van der Waals surface area contributed by atoms with Gasteiger partial charge >= 0.3 is 0 Å². The Kier molecular flexibility index (Phi) is 8.71. The molecule has 0 saturated carbocycles. The minimum atomic E-state index is -1.01. The molecule has 0 aliphatic heterocycles. The van der Waals surface area contributed by atoms with E-state index in [0.717, 1.165) is 0 Å². The number of carbonyl (C=O) groups is 2. The van der Waals surface area contributed by atoms with E-state index >= 15 is 0 Å². The average Bonchev–Trinajstić information content (AvgIpc) is 2.38. The quantitative estimate of drug-likeness (QED) is 0.370. The highest BCUT2D eigenvalue weighted by Crippen LogP contribution is 2.09. The summed E-state index contributed by atoms with van der Waals surface area (Å²) >= 11 is 0. The second-order valence-electron chi connectivity index (χ2n) is 4.96. The van der Waals surface area contributed by atoms with Crippen molar-refractivity contribution in [2.75, 3.05) is 6.54 Å². The van der Waals surface area contributed by atoms with Crippen LogP contribution in [-0.4, -0.2) is 41.9 Å². The van der Waals surface area contributed by atoms with Crippen molar-refractivity contribution in [2.45, 2.75) is 58.8 Å². The lowest BCUT2D eigenvalue weighted by Gasteiger charge is -2.25. The summed E-state index contributed by atoms with van der Waals surface area (Å²) in [6.07, 6.45) is 0.755. The molecule has 0 radical (unpaired) electrons. The van der Waals surface area contributed by atoms with Gasteiger partial charge in [-0.25, -0.2) is 0 Å². The van der Waals surface area contributed by atoms with E-state index in [-0.39, 0.29) is 17.9 Å². The van der Waals surface area contributed by atoms with Crippen LogP contribution in [0.2, 0.25) is 0 Å². The van der Waals surface area contributed by atoms with Crippen molar-refractivity contribution in [2.24, 2.45) is 5.92 Å². The number of aldehydes is 1. The predicted octanol–water partition coefficient (Wildman–Crippen LogP) is 1.18. The summed E-state index contributed by atoms with van der Waals surface area (Å²) in [5.41, 5.74) is 0. The molecule has 0 fully saturated rings. The Balaban J connectivity index is 4.90. The molecule has 0 heterocycles. The van der Waals surface area contributed by atoms with Crippen molar-refractivity contribution >= 4 is 12.2 Å². The van der Waals surface area contributed by atoms with Crippen LogP contribution < -0.4 is 5.32 Å². The normalized spacial score (nSPS) is 14.1. The highest BCUT2D eigenvalue weighted by Gasteiger charge is 2.30. The molecule has 0 aromatic rings. The molecular formula is C13H24N2O5. The first-order valence-electron chi connectivity index (χ1n) is 6.88. The first-order chi connectivity index (χ1) is 9.35. The standard InChI is InChI=1S/C13H24N2O5/c1-5-10(6-2)20-12(8-16)11(7-15(18)19)14-13(17)9(3)4/h8-12H,5-7H2,1-4H3,(H,14,17)/t11-,12+/m0/s1. The van der Waals surface area contributed by atoms with Gasteiger partial charge in [-0.1, -0.05) is 27.7 Å². The van der Waals surface area contributed by atoms with Crippen LogP contribution in [0.15, 0.2) is 0 Å². The summed E-state index contributed by atoms with van der Waals surface area (Å²) in [6, 6.07) is -0.946. The number of amides is 1. The number of nitrogens with one attached hydrogen (secondary N) is 1. The highest BCUT2D eigenvalue weighted by molar-refractivity contribution is 5.78. The SMILES string of the molecule is CCC(CC)O[C@H](C=O)[C@H](C[N+](=O)[O-])NC(=O)C(C)C. The van der Waals surface area contributed by atoms with Crippen LogP contribution in [0.5, 0.6) is 0 Å². The van der Waals surface area contributed by atoms with Gasteiger partial charge in [0.05, 0.1) is 6.10 Å². The summed E-state index contributed by atoms with van der Waals surface area (Å²) in [7, 11) is 0. The molecule has 0 aliphatic rings. The number of ether oxygens (including phenoxy) is 1. The lowest BCUT2D eigenvalue weighted by Crippen LogP contribution is -2.51. The Morgan fingerprint density at radius 3 is 2.25 bits per heavy atom. The van der Waals surface area contributed by atoms with Gasteiger partial charge in [0.25, 0.3) is 0 Å². The molecule has 2 atom stereocenters. The highest BCUT2D eigenvalue weighted by atomic mass is 16.6. The van der Waals surface area contributed by atoms with Crippen molar-refractivity contribution < 1.29 is 19.2 Å². The van der Waals surface area contributed by atoms with Gasteiger partial charge in [0.1, 0.15) is 12.1 Å². The fourth-order valence-electron chi connectivity index (χ4n) is 1.67. The molecule has 7 nitrogen and oxygen atoms in total. The van der Waals surface area contributed by atoms with E-state index < -0.39 is 23.6 Å². The van der Waals surface area contributed by atoms with E-state index in [1.807, 2.05) is 13.8 Å². The molecule has 1 N–H and O–H groups in total. The molecule has 0 aliphatic carbocycles. The molecule has 1 amide bonds. The van der Waals surface area contributed by atoms with Gasteiger partial charge in [-0.05, 0) is 12.8 Å². The summed E-state index contributed by atoms with van der Waals surface area (Å²) in [4.78, 5) is 33.0. The van der Waals surface area contributed by atoms with Gasteiger partial charge < -0.3 is 14.8 Å². The maximum atomic E-state index is 11.7. The van der Waals surface area contributed by atoms with Gasteiger partial charge in [-0.15, -0.1) is 0 Å². The first kappa shape index (κ1) is 18.5. The summed E-state index contributed by atoms with van der Waals surface area (Å²) in [5, 5.41) is 13.2. The molecule has 7 heteroatoms. The van der Waals surface area contributed by atoms with Crippen LogP contribution in [0, 0.1) is 16.0 Å². The van der Waals surface area contributed by atoms with Crippen molar-refractivity contribution in [1.82, 2.24) is 5.32 Å². The van der Waals surface area contributed by atoms with Crippen LogP contribution in [-0.2, 0) is 14.3 Å². The van der Waals surface area contributed by atoms with E-state index in [1.165, 1.54) is 0 Å². The predicted molar refractivity (Wildman–Crippen MR) is 73.9 cm³/mol. The largest absolute Gasteiger partial charge is 0.365 e. The van der Waals surface area contributed by atoms with Crippen LogP contribution in [0.4, 0.5) is 0 Å². The Hall–Kier alpha value is -1.50. The summed E-state index contributed by atoms with van der Waals surface area (Å²) in [5.74, 6) is -0.651. The molecule has 116 valence electrons. The lowest BCUT2D eigenvalue weighted by atomic mass is 10.1. The third kappa shape index (κ3) is 6.60. The molecule has 0 saturated heterocycles. The summed E-state index contributed by atoms with van der Waals surface area (Å²) in [6.45, 7) is 6.63. The van der Waals surface area contributed by atoms with Crippen molar-refractivity contribution in [3.8, 4) is 0 Å². The van der Waals surface area contributed by atoms with Crippen LogP contribution >= 0.6 is 0 Å². The topological polar surface area (TPSA) is 98.5 Å². The Bertz CT molecular complexity index is 329. The first-order valence-corrected chi connectivity index (χ1v) is 6.88. The van der Waals surface area contributed by atoms with Crippen molar-refractivity contribution in [1.29, 1.82) is 0 Å². The fraction of sp³-hybridized carbons (Fsp3) is 0.846. The Morgan fingerprint density at radius 1 is 1.35 bits per heavy atom. The second kappa shape index (κ2) is 9.41. The third-order valence-electron chi connectivity index (χ3n) is 2.99. The summed E-state index contributed by atoms with van der Waals surface area (Å²) < 4.78 is 5.55. The van der Waals surface area contributed by atoms with E-state index in [1.54, 1.807) is 13.8 Å². The third-order valence-corrected chi connectivity index (χ3v) is 2.99. The molecule has 0 spiro atoms. The molecule has 20 heavy (non-hydrogen) atoms. The van der Waals surface area contributed by atoms with E-state index in [4.69, 9.17) is 4.74 Å². The Labute approximate surface area is 119 Å². The van der Waals surface area contributed by atoms with Gasteiger partial charge in [0.2, 0.25) is 12.5 Å². The number of rotatable bonds is 10. The van der Waals surface area contributed by atoms with E-state index in [9.17, 15) is 19.7 Å². The average molecular weight is 288 g/mol. The van der Waals surface area contributed by atoms with Gasteiger partial charge in [0, 0.05) is 10.8 Å². The fourth-order valence-corrected chi connectivity index (χ4v) is 1.67. The minimum Gasteiger partial charge on any atom is -0.365 e. The Morgan fingerprint density at radius 2 is 1.90 bits per heavy atom. The van der Waals surface area contributed by atoms with Gasteiger partial charge in [0.15, 0.2) is 6.29 Å². The van der Waals surface area contributed by atoms with Gasteiger partial charge in [-0.3, -0.25) is 14.9 Å². The van der Waals surface area contributed by atoms with Crippen LogP contribution in [0.1, 0.15) is 40.5 Å². The zero-order chi connectivity index (χ0) is 15.7.